The van der Waals surface area contributed by atoms with Gasteiger partial charge in [0, 0.05) is 44.2 Å². The van der Waals surface area contributed by atoms with Gasteiger partial charge < -0.3 is 14.4 Å². The van der Waals surface area contributed by atoms with Crippen molar-refractivity contribution in [3.05, 3.63) is 59.4 Å². The summed E-state index contributed by atoms with van der Waals surface area (Å²) in [5, 5.41) is 0. The zero-order valence-corrected chi connectivity index (χ0v) is 22.4. The summed E-state index contributed by atoms with van der Waals surface area (Å²) < 4.78 is 48.4. The Balaban J connectivity index is 1.60. The molecule has 1 heterocycles. The van der Waals surface area contributed by atoms with Gasteiger partial charge in [0.05, 0.1) is 13.4 Å². The molecule has 1 saturated heterocycles. The third-order valence-electron chi connectivity index (χ3n) is 6.27. The summed E-state index contributed by atoms with van der Waals surface area (Å²) in [5.74, 6) is -0.191. The molecule has 0 saturated carbocycles. The predicted octanol–water partition coefficient (Wildman–Crippen LogP) is 2.34. The average molecular weight is 536 g/mol. The number of aryl methyl sites for hydroxylation is 1. The SMILES string of the molecule is COc1ccc(CCC(=O)N2CC(C)N(Cc3ccc(F)cc3)CC2C)c(OCC(=O)NS(C)(=O)=O)c1. The fraction of sp³-hybridized carbons (Fsp3) is 0.462. The molecule has 2 amide bonds. The Bertz CT molecular complexity index is 1210. The summed E-state index contributed by atoms with van der Waals surface area (Å²) >= 11 is 0. The monoisotopic (exact) mass is 535 g/mol. The van der Waals surface area contributed by atoms with Crippen LogP contribution < -0.4 is 14.2 Å². The van der Waals surface area contributed by atoms with Crippen LogP contribution in [-0.2, 0) is 32.6 Å². The quantitative estimate of drug-likeness (QED) is 0.498. The van der Waals surface area contributed by atoms with Gasteiger partial charge in [0.15, 0.2) is 6.61 Å². The van der Waals surface area contributed by atoms with Crippen LogP contribution in [0.2, 0.25) is 0 Å². The van der Waals surface area contributed by atoms with E-state index >= 15 is 0 Å². The number of carbonyl (C=O) groups is 2. The van der Waals surface area contributed by atoms with E-state index in [-0.39, 0.29) is 30.2 Å². The summed E-state index contributed by atoms with van der Waals surface area (Å²) in [6, 6.07) is 11.7. The number of piperazine rings is 1. The molecule has 0 aliphatic carbocycles. The number of rotatable bonds is 10. The second kappa shape index (κ2) is 12.4. The molecule has 3 rings (SSSR count). The van der Waals surface area contributed by atoms with Crippen molar-refractivity contribution in [3.8, 4) is 11.5 Å². The highest BCUT2D eigenvalue weighted by Gasteiger charge is 2.31. The molecule has 1 aliphatic heterocycles. The van der Waals surface area contributed by atoms with Crippen molar-refractivity contribution in [2.45, 2.75) is 45.3 Å². The van der Waals surface area contributed by atoms with Gasteiger partial charge in [-0.15, -0.1) is 0 Å². The minimum absolute atomic E-state index is 0.00965. The zero-order valence-electron chi connectivity index (χ0n) is 21.6. The van der Waals surface area contributed by atoms with Gasteiger partial charge in [0.25, 0.3) is 5.91 Å². The second-order valence-electron chi connectivity index (χ2n) is 9.36. The van der Waals surface area contributed by atoms with Gasteiger partial charge in [-0.05, 0) is 49.6 Å². The number of nitrogens with zero attached hydrogens (tertiary/aromatic N) is 2. The Morgan fingerprint density at radius 2 is 1.78 bits per heavy atom. The number of halogens is 1. The first-order chi connectivity index (χ1) is 17.4. The molecule has 2 atom stereocenters. The van der Waals surface area contributed by atoms with Gasteiger partial charge in [-0.2, -0.15) is 0 Å². The van der Waals surface area contributed by atoms with E-state index in [0.717, 1.165) is 11.8 Å². The number of hydrogen-bond donors (Lipinski definition) is 1. The summed E-state index contributed by atoms with van der Waals surface area (Å²) in [4.78, 5) is 29.2. The highest BCUT2D eigenvalue weighted by Crippen LogP contribution is 2.27. The van der Waals surface area contributed by atoms with E-state index < -0.39 is 22.5 Å². The zero-order chi connectivity index (χ0) is 27.2. The number of methoxy groups -OCH3 is 1. The minimum Gasteiger partial charge on any atom is -0.497 e. The van der Waals surface area contributed by atoms with Gasteiger partial charge in [-0.3, -0.25) is 19.2 Å². The number of carbonyl (C=O) groups excluding carboxylic acids is 2. The Morgan fingerprint density at radius 3 is 2.43 bits per heavy atom. The number of benzene rings is 2. The first kappa shape index (κ1) is 28.4. The molecule has 9 nitrogen and oxygen atoms in total. The van der Waals surface area contributed by atoms with Gasteiger partial charge in [0.1, 0.15) is 17.3 Å². The standard InChI is InChI=1S/C26H34FN3O6S/c1-18-15-30(19(2)14-29(18)16-20-5-9-22(27)10-6-20)26(32)12-8-21-7-11-23(35-3)13-24(21)36-17-25(31)28-37(4,33)34/h5-7,9-11,13,18-19H,8,12,14-17H2,1-4H3,(H,28,31). The van der Waals surface area contributed by atoms with Crippen LogP contribution >= 0.6 is 0 Å². The van der Waals surface area contributed by atoms with E-state index in [1.165, 1.54) is 19.2 Å². The van der Waals surface area contributed by atoms with Crippen molar-refractivity contribution in [2.24, 2.45) is 0 Å². The molecule has 1 fully saturated rings. The van der Waals surface area contributed by atoms with Crippen LogP contribution in [0.4, 0.5) is 4.39 Å². The van der Waals surface area contributed by atoms with E-state index in [2.05, 4.69) is 11.8 Å². The number of amides is 2. The Hall–Kier alpha value is -3.18. The van der Waals surface area contributed by atoms with Crippen LogP contribution in [0, 0.1) is 5.82 Å². The Labute approximate surface area is 217 Å². The lowest BCUT2D eigenvalue weighted by Gasteiger charge is -2.44. The maximum atomic E-state index is 13.2. The molecule has 0 radical (unpaired) electrons. The van der Waals surface area contributed by atoms with Crippen molar-refractivity contribution < 1.29 is 31.9 Å². The third-order valence-corrected chi connectivity index (χ3v) is 6.87. The van der Waals surface area contributed by atoms with Crippen LogP contribution in [0.1, 0.15) is 31.4 Å². The van der Waals surface area contributed by atoms with Crippen molar-refractivity contribution >= 4 is 21.8 Å². The lowest BCUT2D eigenvalue weighted by Crippen LogP contribution is -2.57. The largest absolute Gasteiger partial charge is 0.497 e. The molecule has 1 aliphatic rings. The summed E-state index contributed by atoms with van der Waals surface area (Å²) in [6.07, 6.45) is 1.51. The van der Waals surface area contributed by atoms with Crippen LogP contribution in [0.25, 0.3) is 0 Å². The van der Waals surface area contributed by atoms with Gasteiger partial charge in [-0.25, -0.2) is 12.8 Å². The van der Waals surface area contributed by atoms with Crippen molar-refractivity contribution in [1.82, 2.24) is 14.5 Å². The van der Waals surface area contributed by atoms with Crippen molar-refractivity contribution in [1.29, 1.82) is 0 Å². The number of nitrogens with one attached hydrogen (secondary N) is 1. The van der Waals surface area contributed by atoms with Crippen LogP contribution in [0.5, 0.6) is 11.5 Å². The van der Waals surface area contributed by atoms with Gasteiger partial charge >= 0.3 is 0 Å². The number of hydrogen-bond acceptors (Lipinski definition) is 7. The Kier molecular flexibility index (Phi) is 9.50. The fourth-order valence-electron chi connectivity index (χ4n) is 4.36. The van der Waals surface area contributed by atoms with E-state index in [0.29, 0.717) is 43.1 Å². The smallest absolute Gasteiger partial charge is 0.271 e. The van der Waals surface area contributed by atoms with Crippen molar-refractivity contribution in [3.63, 3.8) is 0 Å². The van der Waals surface area contributed by atoms with E-state index in [1.54, 1.807) is 30.3 Å². The Morgan fingerprint density at radius 1 is 1.08 bits per heavy atom. The number of sulfonamides is 1. The highest BCUT2D eigenvalue weighted by molar-refractivity contribution is 7.89. The van der Waals surface area contributed by atoms with E-state index in [1.807, 2.05) is 16.5 Å². The normalized spacial score (nSPS) is 18.4. The molecule has 0 bridgehead atoms. The van der Waals surface area contributed by atoms with Crippen molar-refractivity contribution in [2.75, 3.05) is 33.1 Å². The topological polar surface area (TPSA) is 105 Å². The van der Waals surface area contributed by atoms with E-state index in [9.17, 15) is 22.4 Å². The van der Waals surface area contributed by atoms with Crippen LogP contribution in [-0.4, -0.2) is 75.2 Å². The minimum atomic E-state index is -3.69. The highest BCUT2D eigenvalue weighted by atomic mass is 32.2. The lowest BCUT2D eigenvalue weighted by molar-refractivity contribution is -0.137. The van der Waals surface area contributed by atoms with Crippen LogP contribution in [0.15, 0.2) is 42.5 Å². The first-order valence-electron chi connectivity index (χ1n) is 12.0. The summed E-state index contributed by atoms with van der Waals surface area (Å²) in [6.45, 7) is 5.57. The third kappa shape index (κ3) is 8.43. The fourth-order valence-corrected chi connectivity index (χ4v) is 4.83. The molecule has 37 heavy (non-hydrogen) atoms. The maximum absolute atomic E-state index is 13.2. The molecular formula is C26H34FN3O6S. The molecule has 2 unspecified atom stereocenters. The first-order valence-corrected chi connectivity index (χ1v) is 13.9. The average Bonchev–Trinajstić information content (AvgIpc) is 2.83. The number of ether oxygens (including phenoxy) is 2. The van der Waals surface area contributed by atoms with E-state index in [4.69, 9.17) is 9.47 Å². The molecule has 2 aromatic carbocycles. The van der Waals surface area contributed by atoms with Gasteiger partial charge in [-0.1, -0.05) is 18.2 Å². The molecular weight excluding hydrogens is 501 g/mol. The molecule has 11 heteroatoms. The second-order valence-corrected chi connectivity index (χ2v) is 11.1. The maximum Gasteiger partial charge on any atom is 0.271 e. The predicted molar refractivity (Wildman–Crippen MR) is 137 cm³/mol. The molecule has 0 spiro atoms. The molecule has 0 aromatic heterocycles. The summed E-state index contributed by atoms with van der Waals surface area (Å²) in [7, 11) is -2.19. The van der Waals surface area contributed by atoms with Gasteiger partial charge in [0.2, 0.25) is 15.9 Å². The lowest BCUT2D eigenvalue weighted by atomic mass is 10.0. The molecule has 2 aromatic rings. The van der Waals surface area contributed by atoms with Crippen LogP contribution in [0.3, 0.4) is 0 Å². The molecule has 202 valence electrons. The summed E-state index contributed by atoms with van der Waals surface area (Å²) in [5.41, 5.74) is 1.73. The molecule has 1 N–H and O–H groups in total.